The number of hydrogen-bond acceptors (Lipinski definition) is 5. The lowest BCUT2D eigenvalue weighted by Gasteiger charge is -2.21. The van der Waals surface area contributed by atoms with Crippen LogP contribution < -0.4 is 5.30 Å². The predicted octanol–water partition coefficient (Wildman–Crippen LogP) is 3.78. The normalized spacial score (nSPS) is 18.3. The fraction of sp³-hybridized carbons (Fsp3) is 0.545. The van der Waals surface area contributed by atoms with Crippen LogP contribution in [0.25, 0.3) is 0 Å². The molecule has 2 N–H and O–H groups in total. The number of hydrogen-bond donors (Lipinski definition) is 2. The monoisotopic (exact) mass is 438 g/mol. The van der Waals surface area contributed by atoms with E-state index in [9.17, 15) is 14.2 Å². The van der Waals surface area contributed by atoms with Gasteiger partial charge in [0.1, 0.15) is 12.2 Å². The Kier molecular flexibility index (Phi) is 10.3. The zero-order valence-corrected chi connectivity index (χ0v) is 18.0. The van der Waals surface area contributed by atoms with E-state index in [-0.39, 0.29) is 17.5 Å². The highest BCUT2D eigenvalue weighted by atomic mass is 31.2. The number of esters is 2. The van der Waals surface area contributed by atoms with Crippen LogP contribution in [-0.4, -0.2) is 33.9 Å². The van der Waals surface area contributed by atoms with Gasteiger partial charge in [0, 0.05) is 12.2 Å². The molecule has 2 saturated carbocycles. The van der Waals surface area contributed by atoms with E-state index in [1.54, 1.807) is 18.2 Å². The largest absolute Gasteiger partial charge is 0.459 e. The molecule has 2 aliphatic rings. The molecule has 2 fully saturated rings. The van der Waals surface area contributed by atoms with Crippen molar-refractivity contribution in [3.63, 3.8) is 0 Å². The lowest BCUT2D eigenvalue weighted by molar-refractivity contribution is -0.147. The van der Waals surface area contributed by atoms with Crippen molar-refractivity contribution in [2.24, 2.45) is 0 Å². The van der Waals surface area contributed by atoms with Crippen molar-refractivity contribution >= 4 is 24.8 Å². The summed E-state index contributed by atoms with van der Waals surface area (Å²) in [5.74, 6) is -0.866. The van der Waals surface area contributed by atoms with Crippen LogP contribution in [0.5, 0.6) is 0 Å². The molecule has 2 aliphatic carbocycles. The fourth-order valence-electron chi connectivity index (χ4n) is 3.53. The lowest BCUT2D eigenvalue weighted by atomic mass is 9.98. The molecule has 0 heterocycles. The van der Waals surface area contributed by atoms with Gasteiger partial charge in [-0.1, -0.05) is 31.0 Å². The first-order chi connectivity index (χ1) is 14.3. The van der Waals surface area contributed by atoms with Crippen molar-refractivity contribution < 1.29 is 33.4 Å². The summed E-state index contributed by atoms with van der Waals surface area (Å²) >= 11 is 0. The predicted molar refractivity (Wildman–Crippen MR) is 113 cm³/mol. The molecule has 0 aromatic heterocycles. The Morgan fingerprint density at radius 2 is 1.17 bits per heavy atom. The van der Waals surface area contributed by atoms with E-state index in [2.05, 4.69) is 0 Å². The summed E-state index contributed by atoms with van der Waals surface area (Å²) < 4.78 is 21.1. The number of carbonyl (C=O) groups is 2. The van der Waals surface area contributed by atoms with Gasteiger partial charge in [-0.05, 0) is 63.5 Å². The molecular formula is C22H31O7P. The first kappa shape index (κ1) is 24.3. The Hall–Kier alpha value is -1.95. The van der Waals surface area contributed by atoms with E-state index in [4.69, 9.17) is 19.3 Å². The van der Waals surface area contributed by atoms with E-state index < -0.39 is 19.5 Å². The van der Waals surface area contributed by atoms with Crippen LogP contribution in [-0.2, 0) is 23.6 Å². The molecule has 0 saturated heterocycles. The van der Waals surface area contributed by atoms with Crippen molar-refractivity contribution in [1.29, 1.82) is 0 Å². The highest BCUT2D eigenvalue weighted by Gasteiger charge is 2.18. The zero-order chi connectivity index (χ0) is 21.8. The van der Waals surface area contributed by atoms with Crippen molar-refractivity contribution in [1.82, 2.24) is 0 Å². The quantitative estimate of drug-likeness (QED) is 0.409. The highest BCUT2D eigenvalue weighted by molar-refractivity contribution is 7.60. The molecule has 0 aliphatic heterocycles. The highest BCUT2D eigenvalue weighted by Crippen LogP contribution is 2.32. The van der Waals surface area contributed by atoms with E-state index in [1.807, 2.05) is 0 Å². The molecule has 8 heteroatoms. The SMILES string of the molecule is O=C(/C=C\C(=O)OC1CCCCC1)OC1CCCCC1.O=P(O)(O)c1ccccc1. The van der Waals surface area contributed by atoms with Crippen LogP contribution in [0.15, 0.2) is 42.5 Å². The van der Waals surface area contributed by atoms with Crippen LogP contribution in [0.1, 0.15) is 64.2 Å². The smallest absolute Gasteiger partial charge is 0.356 e. The molecule has 0 atom stereocenters. The lowest BCUT2D eigenvalue weighted by Crippen LogP contribution is -2.21. The van der Waals surface area contributed by atoms with Gasteiger partial charge in [-0.2, -0.15) is 0 Å². The van der Waals surface area contributed by atoms with Crippen molar-refractivity contribution in [2.45, 2.75) is 76.4 Å². The Morgan fingerprint density at radius 1 is 0.767 bits per heavy atom. The molecule has 7 nitrogen and oxygen atoms in total. The second-order valence-electron chi connectivity index (χ2n) is 7.61. The van der Waals surface area contributed by atoms with Crippen LogP contribution >= 0.6 is 7.60 Å². The molecule has 0 spiro atoms. The second-order valence-corrected chi connectivity index (χ2v) is 9.21. The van der Waals surface area contributed by atoms with Crippen LogP contribution in [0.2, 0.25) is 0 Å². The number of ether oxygens (including phenoxy) is 2. The van der Waals surface area contributed by atoms with Crippen LogP contribution in [0.4, 0.5) is 0 Å². The molecule has 0 amide bonds. The van der Waals surface area contributed by atoms with E-state index in [0.717, 1.165) is 51.4 Å². The molecule has 1 aromatic rings. The summed E-state index contributed by atoms with van der Waals surface area (Å²) in [6.45, 7) is 0. The first-order valence-corrected chi connectivity index (χ1v) is 12.2. The zero-order valence-electron chi connectivity index (χ0n) is 17.2. The molecule has 0 bridgehead atoms. The number of rotatable bonds is 5. The molecule has 0 unspecified atom stereocenters. The third-order valence-electron chi connectivity index (χ3n) is 5.12. The first-order valence-electron chi connectivity index (χ1n) is 10.5. The molecule has 1 aromatic carbocycles. The summed E-state index contributed by atoms with van der Waals surface area (Å²) in [5, 5.41) is 0.0648. The minimum atomic E-state index is -4.02. The average Bonchev–Trinajstić information content (AvgIpc) is 2.74. The van der Waals surface area contributed by atoms with Gasteiger partial charge in [0.15, 0.2) is 0 Å². The Morgan fingerprint density at radius 3 is 1.50 bits per heavy atom. The van der Waals surface area contributed by atoms with Crippen LogP contribution in [0, 0.1) is 0 Å². The van der Waals surface area contributed by atoms with Gasteiger partial charge in [0.05, 0.1) is 5.30 Å². The van der Waals surface area contributed by atoms with E-state index in [1.165, 1.54) is 37.1 Å². The molecular weight excluding hydrogens is 407 g/mol. The average molecular weight is 438 g/mol. The van der Waals surface area contributed by atoms with Crippen molar-refractivity contribution in [3.8, 4) is 0 Å². The van der Waals surface area contributed by atoms with Gasteiger partial charge in [-0.25, -0.2) is 9.59 Å². The molecule has 0 radical (unpaired) electrons. The van der Waals surface area contributed by atoms with E-state index in [0.29, 0.717) is 0 Å². The second kappa shape index (κ2) is 12.7. The minimum Gasteiger partial charge on any atom is -0.459 e. The van der Waals surface area contributed by atoms with Gasteiger partial charge in [0.2, 0.25) is 0 Å². The van der Waals surface area contributed by atoms with Gasteiger partial charge >= 0.3 is 19.5 Å². The maximum atomic E-state index is 11.6. The summed E-state index contributed by atoms with van der Waals surface area (Å²) in [6, 6.07) is 7.70. The summed E-state index contributed by atoms with van der Waals surface area (Å²) in [4.78, 5) is 40.4. The molecule has 30 heavy (non-hydrogen) atoms. The van der Waals surface area contributed by atoms with Gasteiger partial charge < -0.3 is 19.3 Å². The van der Waals surface area contributed by atoms with Crippen molar-refractivity contribution in [3.05, 3.63) is 42.5 Å². The van der Waals surface area contributed by atoms with E-state index >= 15 is 0 Å². The summed E-state index contributed by atoms with van der Waals surface area (Å²) in [5.41, 5.74) is 0. The Bertz CT molecular complexity index is 695. The standard InChI is InChI=1S/C16H24O4.C6H7O3P/c17-15(19-13-7-3-1-4-8-13)11-12-16(18)20-14-9-5-2-6-10-14;7-10(8,9)6-4-2-1-3-5-6/h11-14H,1-10H2;1-5H,(H2,7,8,9)/b12-11-;. The maximum Gasteiger partial charge on any atom is 0.356 e. The Labute approximate surface area is 177 Å². The molecule has 166 valence electrons. The fourth-order valence-corrected chi connectivity index (χ4v) is 4.09. The van der Waals surface area contributed by atoms with Gasteiger partial charge in [-0.3, -0.25) is 4.57 Å². The molecule has 3 rings (SSSR count). The van der Waals surface area contributed by atoms with Gasteiger partial charge in [-0.15, -0.1) is 0 Å². The topological polar surface area (TPSA) is 110 Å². The van der Waals surface area contributed by atoms with Crippen LogP contribution in [0.3, 0.4) is 0 Å². The Balaban J connectivity index is 0.000000269. The number of benzene rings is 1. The summed E-state index contributed by atoms with van der Waals surface area (Å²) in [7, 11) is -4.02. The van der Waals surface area contributed by atoms with Gasteiger partial charge in [0.25, 0.3) is 0 Å². The minimum absolute atomic E-state index is 0.0234. The van der Waals surface area contributed by atoms with Crippen molar-refractivity contribution in [2.75, 3.05) is 0 Å². The third kappa shape index (κ3) is 9.70. The summed E-state index contributed by atoms with van der Waals surface area (Å²) in [6.07, 6.45) is 13.1. The maximum absolute atomic E-state index is 11.6. The third-order valence-corrected chi connectivity index (χ3v) is 6.09. The number of carbonyl (C=O) groups excluding carboxylic acids is 2.